The van der Waals surface area contributed by atoms with Gasteiger partial charge in [0.2, 0.25) is 10.0 Å². The summed E-state index contributed by atoms with van der Waals surface area (Å²) in [7, 11) is -2.10. The molecule has 0 bridgehead atoms. The monoisotopic (exact) mass is 462 g/mol. The van der Waals surface area contributed by atoms with Crippen molar-refractivity contribution in [1.29, 1.82) is 0 Å². The number of halogens is 3. The first-order valence-corrected chi connectivity index (χ1v) is 11.6. The highest BCUT2D eigenvalue weighted by atomic mass is 32.2. The normalized spacial score (nSPS) is 22.1. The van der Waals surface area contributed by atoms with Crippen molar-refractivity contribution in [2.75, 3.05) is 26.7 Å². The summed E-state index contributed by atoms with van der Waals surface area (Å²) in [6.45, 7) is 1.38. The average Bonchev–Trinajstić information content (AvgIpc) is 3.12. The Kier molecular flexibility index (Phi) is 5.54. The van der Waals surface area contributed by atoms with Gasteiger partial charge in [-0.05, 0) is 48.6 Å². The molecule has 3 heterocycles. The molecule has 2 aromatic rings. The van der Waals surface area contributed by atoms with Crippen LogP contribution in [0.2, 0.25) is 0 Å². The van der Waals surface area contributed by atoms with Crippen molar-refractivity contribution < 1.29 is 26.3 Å². The van der Waals surface area contributed by atoms with E-state index in [9.17, 15) is 21.6 Å². The largest absolute Gasteiger partial charge is 0.497 e. The third kappa shape index (κ3) is 4.05. The second-order valence-electron chi connectivity index (χ2n) is 7.60. The Morgan fingerprint density at radius 3 is 2.47 bits per heavy atom. The summed E-state index contributed by atoms with van der Waals surface area (Å²) in [5.41, 5.74) is -0.207. The Balaban J connectivity index is 1.43. The minimum absolute atomic E-state index is 0.192. The maximum absolute atomic E-state index is 12.9. The number of piperidine rings is 1. The predicted octanol–water partition coefficient (Wildman–Crippen LogP) is 2.77. The summed E-state index contributed by atoms with van der Waals surface area (Å²) in [6, 6.07) is 6.07. The van der Waals surface area contributed by atoms with E-state index < -0.39 is 22.6 Å². The fourth-order valence-corrected chi connectivity index (χ4v) is 6.34. The van der Waals surface area contributed by atoms with Gasteiger partial charge in [0, 0.05) is 25.0 Å². The summed E-state index contributed by atoms with van der Waals surface area (Å²) < 4.78 is 74.0. The first kappa shape index (κ1) is 21.5. The molecule has 164 valence electrons. The van der Waals surface area contributed by atoms with Gasteiger partial charge in [0.25, 0.3) is 0 Å². The Morgan fingerprint density at radius 2 is 1.93 bits per heavy atom. The van der Waals surface area contributed by atoms with Crippen LogP contribution >= 0.6 is 11.5 Å². The van der Waals surface area contributed by atoms with Crippen LogP contribution in [0.4, 0.5) is 13.2 Å². The van der Waals surface area contributed by atoms with Crippen molar-refractivity contribution in [3.8, 4) is 5.75 Å². The smallest absolute Gasteiger partial charge is 0.396 e. The van der Waals surface area contributed by atoms with E-state index in [4.69, 9.17) is 4.74 Å². The van der Waals surface area contributed by atoms with E-state index >= 15 is 0 Å². The molecule has 1 aromatic heterocycles. The van der Waals surface area contributed by atoms with E-state index in [-0.39, 0.29) is 22.2 Å². The highest BCUT2D eigenvalue weighted by molar-refractivity contribution is 7.89. The number of sulfonamides is 1. The number of methoxy groups -OCH3 is 1. The Labute approximate surface area is 176 Å². The van der Waals surface area contributed by atoms with E-state index in [2.05, 4.69) is 14.7 Å². The van der Waals surface area contributed by atoms with Gasteiger partial charge < -0.3 is 10.1 Å². The summed E-state index contributed by atoms with van der Waals surface area (Å²) in [6.07, 6.45) is -4.27. The number of rotatable bonds is 5. The summed E-state index contributed by atoms with van der Waals surface area (Å²) in [5, 5.41) is 3.78. The lowest BCUT2D eigenvalue weighted by Crippen LogP contribution is -2.60. The van der Waals surface area contributed by atoms with Gasteiger partial charge in [0.05, 0.1) is 18.0 Å². The van der Waals surface area contributed by atoms with Crippen LogP contribution in [-0.2, 0) is 16.4 Å². The maximum atomic E-state index is 12.9. The molecule has 2 fully saturated rings. The number of nitrogens with zero attached hydrogens (tertiary/aromatic N) is 3. The van der Waals surface area contributed by atoms with Crippen molar-refractivity contribution in [1.82, 2.24) is 19.0 Å². The fraction of sp³-hybridized carbons (Fsp3) is 0.556. The van der Waals surface area contributed by atoms with Crippen LogP contribution in [-0.4, -0.2) is 55.0 Å². The van der Waals surface area contributed by atoms with Gasteiger partial charge in [-0.3, -0.25) is 0 Å². The minimum atomic E-state index is -4.34. The van der Waals surface area contributed by atoms with Gasteiger partial charge in [-0.1, -0.05) is 0 Å². The lowest BCUT2D eigenvalue weighted by atomic mass is 9.67. The summed E-state index contributed by atoms with van der Waals surface area (Å²) >= 11 is 0.981. The van der Waals surface area contributed by atoms with Gasteiger partial charge in [-0.15, -0.1) is 0 Å². The van der Waals surface area contributed by atoms with Crippen molar-refractivity contribution in [2.24, 2.45) is 5.41 Å². The maximum Gasteiger partial charge on any atom is 0.396 e. The van der Waals surface area contributed by atoms with E-state index in [1.807, 2.05) is 0 Å². The molecule has 1 spiro atoms. The molecule has 7 nitrogen and oxygen atoms in total. The first-order valence-electron chi connectivity index (χ1n) is 9.40. The lowest BCUT2D eigenvalue weighted by molar-refractivity contribution is -0.128. The standard InChI is InChI=1S/C18H21F3N4O3S2/c1-28-12-2-4-13(5-3-12)30(26,27)25-8-6-17(7-9-25)11-22-15(17)16-23-14(24-29-16)10-18(19,20)21/h2-5,15,22H,6-11H2,1H3. The molecule has 4 rings (SSSR count). The number of benzene rings is 1. The van der Waals surface area contributed by atoms with Gasteiger partial charge in [-0.2, -0.15) is 21.9 Å². The number of alkyl halides is 3. The van der Waals surface area contributed by atoms with E-state index in [0.717, 1.165) is 11.5 Å². The van der Waals surface area contributed by atoms with Crippen molar-refractivity contribution >= 4 is 21.6 Å². The van der Waals surface area contributed by atoms with Crippen molar-refractivity contribution in [3.63, 3.8) is 0 Å². The fourth-order valence-electron chi connectivity index (χ4n) is 4.01. The topological polar surface area (TPSA) is 84.4 Å². The molecule has 0 aliphatic carbocycles. The SMILES string of the molecule is COc1ccc(S(=O)(=O)N2CCC3(CC2)CNC3c2nc(CC(F)(F)F)ns2)cc1. The molecular weight excluding hydrogens is 441 g/mol. The zero-order valence-corrected chi connectivity index (χ0v) is 17.8. The quantitative estimate of drug-likeness (QED) is 0.736. The molecule has 30 heavy (non-hydrogen) atoms. The third-order valence-electron chi connectivity index (χ3n) is 5.78. The molecule has 0 saturated carbocycles. The molecule has 1 atom stereocenters. The molecule has 1 unspecified atom stereocenters. The number of nitrogens with one attached hydrogen (secondary N) is 1. The highest BCUT2D eigenvalue weighted by Gasteiger charge is 2.51. The number of hydrogen-bond acceptors (Lipinski definition) is 7. The second-order valence-corrected chi connectivity index (χ2v) is 10.3. The van der Waals surface area contributed by atoms with Crippen molar-refractivity contribution in [2.45, 2.75) is 36.4 Å². The van der Waals surface area contributed by atoms with Crippen LogP contribution in [0.25, 0.3) is 0 Å². The predicted molar refractivity (Wildman–Crippen MR) is 104 cm³/mol. The van der Waals surface area contributed by atoms with Crippen molar-refractivity contribution in [3.05, 3.63) is 35.1 Å². The molecular formula is C18H21F3N4O3S2. The highest BCUT2D eigenvalue weighted by Crippen LogP contribution is 2.49. The zero-order valence-electron chi connectivity index (χ0n) is 16.1. The number of hydrogen-bond donors (Lipinski definition) is 1. The van der Waals surface area contributed by atoms with Gasteiger partial charge in [-0.25, -0.2) is 13.4 Å². The second kappa shape index (κ2) is 7.74. The molecule has 2 aliphatic heterocycles. The van der Waals surface area contributed by atoms with E-state index in [0.29, 0.717) is 43.2 Å². The number of aromatic nitrogens is 2. The molecule has 0 radical (unpaired) electrons. The molecule has 1 aromatic carbocycles. The van der Waals surface area contributed by atoms with Crippen LogP contribution in [0.3, 0.4) is 0 Å². The van der Waals surface area contributed by atoms with Gasteiger partial charge in [0.15, 0.2) is 5.82 Å². The average molecular weight is 463 g/mol. The number of ether oxygens (including phenoxy) is 1. The molecule has 2 aliphatic rings. The summed E-state index contributed by atoms with van der Waals surface area (Å²) in [5.74, 6) is 0.364. The van der Waals surface area contributed by atoms with E-state index in [1.54, 1.807) is 12.1 Å². The Hall–Kier alpha value is -1.76. The molecule has 1 N–H and O–H groups in total. The van der Waals surface area contributed by atoms with Gasteiger partial charge in [0.1, 0.15) is 17.2 Å². The van der Waals surface area contributed by atoms with Crippen LogP contribution in [0.1, 0.15) is 29.7 Å². The van der Waals surface area contributed by atoms with Crippen LogP contribution in [0.5, 0.6) is 5.75 Å². The Bertz CT molecular complexity index is 1000. The molecule has 12 heteroatoms. The van der Waals surface area contributed by atoms with Crippen LogP contribution in [0.15, 0.2) is 29.2 Å². The summed E-state index contributed by atoms with van der Waals surface area (Å²) in [4.78, 5) is 4.29. The lowest BCUT2D eigenvalue weighted by Gasteiger charge is -2.53. The molecule has 0 amide bonds. The van der Waals surface area contributed by atoms with Crippen LogP contribution in [0, 0.1) is 5.41 Å². The zero-order chi connectivity index (χ0) is 21.6. The third-order valence-corrected chi connectivity index (χ3v) is 8.50. The first-order chi connectivity index (χ1) is 14.1. The Morgan fingerprint density at radius 1 is 1.27 bits per heavy atom. The van der Waals surface area contributed by atoms with Crippen LogP contribution < -0.4 is 10.1 Å². The molecule has 2 saturated heterocycles. The van der Waals surface area contributed by atoms with Gasteiger partial charge >= 0.3 is 6.18 Å². The minimum Gasteiger partial charge on any atom is -0.497 e. The van der Waals surface area contributed by atoms with E-state index in [1.165, 1.54) is 23.5 Å².